The van der Waals surface area contributed by atoms with Gasteiger partial charge in [0.25, 0.3) is 0 Å². The van der Waals surface area contributed by atoms with Crippen LogP contribution in [0.25, 0.3) is 0 Å². The molecule has 0 bridgehead atoms. The molecule has 0 aliphatic rings. The van der Waals surface area contributed by atoms with Gasteiger partial charge < -0.3 is 9.64 Å². The largest absolute Gasteiger partial charge is 0.496 e. The van der Waals surface area contributed by atoms with Crippen LogP contribution in [0.1, 0.15) is 12.5 Å². The summed E-state index contributed by atoms with van der Waals surface area (Å²) in [7, 11) is -2.21. The van der Waals surface area contributed by atoms with Gasteiger partial charge in [-0.3, -0.25) is 4.79 Å². The molecule has 0 radical (unpaired) electrons. The molecule has 0 atom stereocenters. The molecule has 2 rings (SSSR count). The van der Waals surface area contributed by atoms with E-state index in [2.05, 4.69) is 4.72 Å². The lowest BCUT2D eigenvalue weighted by atomic mass is 10.2. The van der Waals surface area contributed by atoms with Crippen LogP contribution in [0, 0.1) is 12.7 Å². The molecule has 2 aromatic rings. The number of nitrogens with one attached hydrogen (secondary N) is 1. The van der Waals surface area contributed by atoms with E-state index < -0.39 is 15.8 Å². The minimum Gasteiger partial charge on any atom is -0.496 e. The molecule has 0 spiro atoms. The standard InChI is InChI=1S/C18H21FN2O4S/c1-13-12-17(8-9-18(13)25-3)26(23,24)20-10-11-21(14(2)22)16-6-4-15(19)5-7-16/h4-9,12,20H,10-11H2,1-3H3. The van der Waals surface area contributed by atoms with Crippen molar-refractivity contribution in [3.63, 3.8) is 0 Å². The molecule has 0 aromatic heterocycles. The first kappa shape index (κ1) is 19.9. The Kier molecular flexibility index (Phi) is 6.33. The third-order valence-electron chi connectivity index (χ3n) is 3.82. The van der Waals surface area contributed by atoms with Crippen LogP contribution in [0.15, 0.2) is 47.4 Å². The number of halogens is 1. The molecule has 26 heavy (non-hydrogen) atoms. The average Bonchev–Trinajstić information content (AvgIpc) is 2.59. The molecule has 6 nitrogen and oxygen atoms in total. The molecule has 0 aliphatic carbocycles. The molecule has 140 valence electrons. The highest BCUT2D eigenvalue weighted by Crippen LogP contribution is 2.21. The van der Waals surface area contributed by atoms with E-state index in [-0.39, 0.29) is 23.9 Å². The number of aryl methyl sites for hydroxylation is 1. The zero-order valence-electron chi connectivity index (χ0n) is 14.8. The molecule has 0 fully saturated rings. The van der Waals surface area contributed by atoms with Gasteiger partial charge in [-0.25, -0.2) is 17.5 Å². The summed E-state index contributed by atoms with van der Waals surface area (Å²) in [5, 5.41) is 0. The smallest absolute Gasteiger partial charge is 0.240 e. The molecular weight excluding hydrogens is 359 g/mol. The molecule has 8 heteroatoms. The van der Waals surface area contributed by atoms with E-state index in [0.717, 1.165) is 0 Å². The normalized spacial score (nSPS) is 11.2. The highest BCUT2D eigenvalue weighted by molar-refractivity contribution is 7.89. The maximum absolute atomic E-state index is 13.0. The number of amides is 1. The summed E-state index contributed by atoms with van der Waals surface area (Å²) in [6.45, 7) is 3.26. The number of benzene rings is 2. The number of anilines is 1. The van der Waals surface area contributed by atoms with Gasteiger partial charge in [-0.05, 0) is 55.0 Å². The molecule has 0 unspecified atom stereocenters. The lowest BCUT2D eigenvalue weighted by molar-refractivity contribution is -0.116. The SMILES string of the molecule is COc1ccc(S(=O)(=O)NCCN(C(C)=O)c2ccc(F)cc2)cc1C. The number of carbonyl (C=O) groups excluding carboxylic acids is 1. The quantitative estimate of drug-likeness (QED) is 0.801. The van der Waals surface area contributed by atoms with Crippen LogP contribution >= 0.6 is 0 Å². The third kappa shape index (κ3) is 4.80. The Bertz CT molecular complexity index is 883. The van der Waals surface area contributed by atoms with E-state index >= 15 is 0 Å². The molecule has 0 saturated heterocycles. The maximum atomic E-state index is 13.0. The van der Waals surface area contributed by atoms with Crippen LogP contribution in [0.5, 0.6) is 5.75 Å². The summed E-state index contributed by atoms with van der Waals surface area (Å²) >= 11 is 0. The second-order valence-corrected chi connectivity index (χ2v) is 7.44. The van der Waals surface area contributed by atoms with Crippen molar-refractivity contribution in [2.45, 2.75) is 18.7 Å². The summed E-state index contributed by atoms with van der Waals surface area (Å²) < 4.78 is 45.4. The van der Waals surface area contributed by atoms with Gasteiger partial charge in [0.15, 0.2) is 0 Å². The monoisotopic (exact) mass is 380 g/mol. The number of ether oxygens (including phenoxy) is 1. The van der Waals surface area contributed by atoms with Crippen LogP contribution in [0.4, 0.5) is 10.1 Å². The van der Waals surface area contributed by atoms with Gasteiger partial charge in [-0.1, -0.05) is 0 Å². The summed E-state index contributed by atoms with van der Waals surface area (Å²) in [6.07, 6.45) is 0. The number of hydrogen-bond donors (Lipinski definition) is 1. The van der Waals surface area contributed by atoms with E-state index in [4.69, 9.17) is 4.74 Å². The molecule has 0 heterocycles. The molecule has 0 aliphatic heterocycles. The van der Waals surface area contributed by atoms with Gasteiger partial charge in [-0.2, -0.15) is 0 Å². The first-order valence-corrected chi connectivity index (χ1v) is 9.41. The van der Waals surface area contributed by atoms with E-state index in [1.807, 2.05) is 0 Å². The van der Waals surface area contributed by atoms with Crippen LogP contribution in [0.3, 0.4) is 0 Å². The second-order valence-electron chi connectivity index (χ2n) is 5.68. The van der Waals surface area contributed by atoms with Crippen molar-refractivity contribution in [1.29, 1.82) is 0 Å². The summed E-state index contributed by atoms with van der Waals surface area (Å²) in [5.41, 5.74) is 1.20. The molecule has 1 amide bonds. The Morgan fingerprint density at radius 2 is 1.85 bits per heavy atom. The summed E-state index contributed by atoms with van der Waals surface area (Å²) in [5.74, 6) is -0.0769. The van der Waals surface area contributed by atoms with Gasteiger partial charge in [-0.15, -0.1) is 0 Å². The summed E-state index contributed by atoms with van der Waals surface area (Å²) in [6, 6.07) is 9.99. The first-order chi connectivity index (χ1) is 12.2. The van der Waals surface area contributed by atoms with Crippen LogP contribution < -0.4 is 14.4 Å². The maximum Gasteiger partial charge on any atom is 0.240 e. The highest BCUT2D eigenvalue weighted by Gasteiger charge is 2.17. The Morgan fingerprint density at radius 3 is 2.38 bits per heavy atom. The number of rotatable bonds is 7. The Balaban J connectivity index is 2.07. The topological polar surface area (TPSA) is 75.7 Å². The zero-order chi connectivity index (χ0) is 19.3. The third-order valence-corrected chi connectivity index (χ3v) is 5.28. The van der Waals surface area contributed by atoms with Crippen molar-refractivity contribution in [3.8, 4) is 5.75 Å². The van der Waals surface area contributed by atoms with Crippen molar-refractivity contribution in [2.75, 3.05) is 25.1 Å². The van der Waals surface area contributed by atoms with E-state index in [0.29, 0.717) is 17.0 Å². The number of methoxy groups -OCH3 is 1. The molecule has 0 saturated carbocycles. The molecule has 1 N–H and O–H groups in total. The van der Waals surface area contributed by atoms with Gasteiger partial charge >= 0.3 is 0 Å². The van der Waals surface area contributed by atoms with Crippen LogP contribution in [-0.2, 0) is 14.8 Å². The number of carbonyl (C=O) groups is 1. The predicted octanol–water partition coefficient (Wildman–Crippen LogP) is 2.47. The van der Waals surface area contributed by atoms with Gasteiger partial charge in [0.1, 0.15) is 11.6 Å². The molecular formula is C18H21FN2O4S. The Hall–Kier alpha value is -2.45. The molecule has 2 aromatic carbocycles. The average molecular weight is 380 g/mol. The minimum atomic E-state index is -3.72. The second kappa shape index (κ2) is 8.29. The summed E-state index contributed by atoms with van der Waals surface area (Å²) in [4.78, 5) is 13.3. The van der Waals surface area contributed by atoms with Crippen LogP contribution in [0.2, 0.25) is 0 Å². The lowest BCUT2D eigenvalue weighted by Gasteiger charge is -2.21. The highest BCUT2D eigenvalue weighted by atomic mass is 32.2. The van der Waals surface area contributed by atoms with Crippen molar-refractivity contribution in [3.05, 3.63) is 53.8 Å². The lowest BCUT2D eigenvalue weighted by Crippen LogP contribution is -2.37. The Morgan fingerprint density at radius 1 is 1.19 bits per heavy atom. The minimum absolute atomic E-state index is 0.0182. The van der Waals surface area contributed by atoms with E-state index in [1.54, 1.807) is 13.0 Å². The predicted molar refractivity (Wildman–Crippen MR) is 97.3 cm³/mol. The van der Waals surface area contributed by atoms with Crippen molar-refractivity contribution >= 4 is 21.6 Å². The van der Waals surface area contributed by atoms with E-state index in [1.165, 1.54) is 55.3 Å². The van der Waals surface area contributed by atoms with E-state index in [9.17, 15) is 17.6 Å². The van der Waals surface area contributed by atoms with Crippen molar-refractivity contribution in [2.24, 2.45) is 0 Å². The Labute approximate surface area is 152 Å². The van der Waals surface area contributed by atoms with Gasteiger partial charge in [0.05, 0.1) is 12.0 Å². The fraction of sp³-hybridized carbons (Fsp3) is 0.278. The fourth-order valence-corrected chi connectivity index (χ4v) is 3.59. The number of hydrogen-bond acceptors (Lipinski definition) is 4. The fourth-order valence-electron chi connectivity index (χ4n) is 2.48. The number of nitrogens with zero attached hydrogens (tertiary/aromatic N) is 1. The van der Waals surface area contributed by atoms with Gasteiger partial charge in [0, 0.05) is 25.7 Å². The first-order valence-electron chi connectivity index (χ1n) is 7.92. The van der Waals surface area contributed by atoms with Crippen molar-refractivity contribution < 1.29 is 22.3 Å². The number of sulfonamides is 1. The van der Waals surface area contributed by atoms with Gasteiger partial charge in [0.2, 0.25) is 15.9 Å². The zero-order valence-corrected chi connectivity index (χ0v) is 15.6. The van der Waals surface area contributed by atoms with Crippen molar-refractivity contribution in [1.82, 2.24) is 4.72 Å². The van der Waals surface area contributed by atoms with Crippen LogP contribution in [-0.4, -0.2) is 34.5 Å².